The molecule has 0 saturated carbocycles. The lowest BCUT2D eigenvalue weighted by Gasteiger charge is -2.21. The van der Waals surface area contributed by atoms with Crippen molar-refractivity contribution in [2.75, 3.05) is 6.61 Å². The fourth-order valence-corrected chi connectivity index (χ4v) is 1.54. The van der Waals surface area contributed by atoms with Crippen molar-refractivity contribution in [1.82, 2.24) is 0 Å². The van der Waals surface area contributed by atoms with Crippen molar-refractivity contribution in [1.29, 1.82) is 0 Å². The topological polar surface area (TPSA) is 72.5 Å². The Kier molecular flexibility index (Phi) is 4.58. The largest absolute Gasteiger partial charge is 0.493 e. The Labute approximate surface area is 114 Å². The van der Waals surface area contributed by atoms with Gasteiger partial charge in [-0.15, -0.1) is 0 Å². The van der Waals surface area contributed by atoms with Crippen molar-refractivity contribution in [2.45, 2.75) is 45.1 Å². The van der Waals surface area contributed by atoms with Gasteiger partial charge in [0.25, 0.3) is 0 Å². The predicted molar refractivity (Wildman–Crippen MR) is 75.5 cm³/mol. The number of nitrogens with two attached hydrogens (primary N) is 1. The van der Waals surface area contributed by atoms with Crippen LogP contribution in [0, 0.1) is 0 Å². The monoisotopic (exact) mass is 265 g/mol. The molecule has 4 nitrogen and oxygen atoms in total. The summed E-state index contributed by atoms with van der Waals surface area (Å²) in [6.45, 7) is 8.17. The van der Waals surface area contributed by atoms with Crippen molar-refractivity contribution in [3.63, 3.8) is 0 Å². The minimum absolute atomic E-state index is 0.0583. The molecule has 1 rings (SSSR count). The van der Waals surface area contributed by atoms with Crippen molar-refractivity contribution < 1.29 is 14.6 Å². The molecule has 0 aliphatic rings. The van der Waals surface area contributed by atoms with Gasteiger partial charge in [0.2, 0.25) is 0 Å². The summed E-state index contributed by atoms with van der Waals surface area (Å²) in [5, 5.41) is 8.91. The molecule has 4 heteroatoms. The van der Waals surface area contributed by atoms with Crippen LogP contribution in [0.15, 0.2) is 24.3 Å². The van der Waals surface area contributed by atoms with Crippen LogP contribution in [0.2, 0.25) is 0 Å². The highest BCUT2D eigenvalue weighted by atomic mass is 16.5. The van der Waals surface area contributed by atoms with Crippen LogP contribution in [0.3, 0.4) is 0 Å². The molecule has 0 aliphatic heterocycles. The van der Waals surface area contributed by atoms with Gasteiger partial charge < -0.3 is 15.6 Å². The molecular weight excluding hydrogens is 242 g/mol. The molecule has 1 unspecified atom stereocenters. The summed E-state index contributed by atoms with van der Waals surface area (Å²) in [5.41, 5.74) is 5.63. The number of rotatable bonds is 5. The zero-order valence-electron chi connectivity index (χ0n) is 12.1. The molecule has 0 aromatic heterocycles. The third-order valence-corrected chi connectivity index (χ3v) is 3.08. The van der Waals surface area contributed by atoms with E-state index in [4.69, 9.17) is 15.6 Å². The van der Waals surface area contributed by atoms with Crippen molar-refractivity contribution in [3.8, 4) is 5.75 Å². The van der Waals surface area contributed by atoms with Gasteiger partial charge in [0.1, 0.15) is 11.3 Å². The lowest BCUT2D eigenvalue weighted by molar-refractivity contribution is -0.143. The molecule has 1 atom stereocenters. The first-order chi connectivity index (χ1) is 8.63. The molecule has 0 aliphatic carbocycles. The van der Waals surface area contributed by atoms with Crippen LogP contribution in [0.5, 0.6) is 5.75 Å². The molecule has 1 aromatic rings. The standard InChI is InChI=1S/C15H23NO3/c1-14(2,3)11-6-5-7-12(10-11)19-9-8-15(4,16)13(17)18/h5-7,10H,8-9,16H2,1-4H3,(H,17,18). The fraction of sp³-hybridized carbons (Fsp3) is 0.533. The van der Waals surface area contributed by atoms with Gasteiger partial charge in [-0.3, -0.25) is 4.79 Å². The average molecular weight is 265 g/mol. The second-order valence-electron chi connectivity index (χ2n) is 6.10. The Bertz CT molecular complexity index is 447. The molecule has 0 saturated heterocycles. The SMILES string of the molecule is CC(N)(CCOc1cccc(C(C)(C)C)c1)C(=O)O. The summed E-state index contributed by atoms with van der Waals surface area (Å²) in [5.74, 6) is -0.270. The van der Waals surface area contributed by atoms with Gasteiger partial charge in [-0.05, 0) is 30.0 Å². The quantitative estimate of drug-likeness (QED) is 0.858. The summed E-state index contributed by atoms with van der Waals surface area (Å²) in [4.78, 5) is 10.9. The number of ether oxygens (including phenoxy) is 1. The van der Waals surface area contributed by atoms with E-state index >= 15 is 0 Å². The minimum Gasteiger partial charge on any atom is -0.493 e. The van der Waals surface area contributed by atoms with Crippen LogP contribution in [0.4, 0.5) is 0 Å². The summed E-state index contributed by atoms with van der Waals surface area (Å²) in [6.07, 6.45) is 0.266. The Balaban J connectivity index is 2.62. The van der Waals surface area contributed by atoms with Gasteiger partial charge in [-0.25, -0.2) is 0 Å². The summed E-state index contributed by atoms with van der Waals surface area (Å²) >= 11 is 0. The van der Waals surface area contributed by atoms with Gasteiger partial charge in [0.05, 0.1) is 6.61 Å². The van der Waals surface area contributed by atoms with Crippen LogP contribution in [-0.4, -0.2) is 23.2 Å². The van der Waals surface area contributed by atoms with E-state index in [0.29, 0.717) is 0 Å². The zero-order chi connectivity index (χ0) is 14.7. The van der Waals surface area contributed by atoms with E-state index in [-0.39, 0.29) is 18.4 Å². The Morgan fingerprint density at radius 2 is 1.95 bits per heavy atom. The summed E-state index contributed by atoms with van der Waals surface area (Å²) in [7, 11) is 0. The molecule has 106 valence electrons. The van der Waals surface area contributed by atoms with Crippen LogP contribution in [0.1, 0.15) is 39.7 Å². The molecule has 19 heavy (non-hydrogen) atoms. The first-order valence-electron chi connectivity index (χ1n) is 6.38. The van der Waals surface area contributed by atoms with Crippen LogP contribution in [-0.2, 0) is 10.2 Å². The van der Waals surface area contributed by atoms with Crippen LogP contribution < -0.4 is 10.5 Å². The van der Waals surface area contributed by atoms with Crippen molar-refractivity contribution in [2.24, 2.45) is 5.73 Å². The maximum atomic E-state index is 10.9. The van der Waals surface area contributed by atoms with E-state index in [1.54, 1.807) is 0 Å². The normalized spacial score (nSPS) is 14.8. The number of aliphatic carboxylic acids is 1. The van der Waals surface area contributed by atoms with Gasteiger partial charge >= 0.3 is 5.97 Å². The Morgan fingerprint density at radius 3 is 2.47 bits per heavy atom. The number of carboxylic acids is 1. The second-order valence-corrected chi connectivity index (χ2v) is 6.10. The van der Waals surface area contributed by atoms with Crippen LogP contribution in [0.25, 0.3) is 0 Å². The van der Waals surface area contributed by atoms with Gasteiger partial charge in [0.15, 0.2) is 0 Å². The summed E-state index contributed by atoms with van der Waals surface area (Å²) in [6, 6.07) is 7.84. The van der Waals surface area contributed by atoms with E-state index < -0.39 is 11.5 Å². The highest BCUT2D eigenvalue weighted by Crippen LogP contribution is 2.25. The maximum Gasteiger partial charge on any atom is 0.323 e. The molecule has 0 spiro atoms. The third kappa shape index (κ3) is 4.56. The molecule has 1 aromatic carbocycles. The maximum absolute atomic E-state index is 10.9. The van der Waals surface area contributed by atoms with E-state index in [1.165, 1.54) is 12.5 Å². The molecule has 0 bridgehead atoms. The highest BCUT2D eigenvalue weighted by molar-refractivity contribution is 5.77. The van der Waals surface area contributed by atoms with E-state index in [0.717, 1.165) is 5.75 Å². The van der Waals surface area contributed by atoms with Crippen LogP contribution >= 0.6 is 0 Å². The molecule has 0 amide bonds. The van der Waals surface area contributed by atoms with Crippen molar-refractivity contribution >= 4 is 5.97 Å². The average Bonchev–Trinajstić information content (AvgIpc) is 2.28. The lowest BCUT2D eigenvalue weighted by atomic mass is 9.87. The molecule has 3 N–H and O–H groups in total. The fourth-order valence-electron chi connectivity index (χ4n) is 1.54. The molecular formula is C15H23NO3. The van der Waals surface area contributed by atoms with Crippen molar-refractivity contribution in [3.05, 3.63) is 29.8 Å². The zero-order valence-corrected chi connectivity index (χ0v) is 12.1. The van der Waals surface area contributed by atoms with E-state index in [2.05, 4.69) is 26.8 Å². The summed E-state index contributed by atoms with van der Waals surface area (Å²) < 4.78 is 5.58. The second kappa shape index (κ2) is 5.61. The first kappa shape index (κ1) is 15.5. The Hall–Kier alpha value is -1.55. The predicted octanol–water partition coefficient (Wildman–Crippen LogP) is 2.56. The molecule has 0 heterocycles. The smallest absolute Gasteiger partial charge is 0.323 e. The number of carboxylic acid groups (broad SMARTS) is 1. The first-order valence-corrected chi connectivity index (χ1v) is 6.38. The third-order valence-electron chi connectivity index (χ3n) is 3.08. The number of hydrogen-bond donors (Lipinski definition) is 2. The number of carbonyl (C=O) groups is 1. The van der Waals surface area contributed by atoms with Gasteiger partial charge in [-0.1, -0.05) is 32.9 Å². The molecule has 0 fully saturated rings. The van der Waals surface area contributed by atoms with E-state index in [9.17, 15) is 4.79 Å². The molecule has 0 radical (unpaired) electrons. The highest BCUT2D eigenvalue weighted by Gasteiger charge is 2.27. The van der Waals surface area contributed by atoms with Gasteiger partial charge in [0, 0.05) is 6.42 Å². The minimum atomic E-state index is -1.25. The number of hydrogen-bond acceptors (Lipinski definition) is 3. The number of benzene rings is 1. The van der Waals surface area contributed by atoms with E-state index in [1.807, 2.05) is 18.2 Å². The Morgan fingerprint density at radius 1 is 1.32 bits per heavy atom. The lowest BCUT2D eigenvalue weighted by Crippen LogP contribution is -2.45. The van der Waals surface area contributed by atoms with Gasteiger partial charge in [-0.2, -0.15) is 0 Å².